The van der Waals surface area contributed by atoms with E-state index in [4.69, 9.17) is 4.74 Å². The number of carbonyl (C=O) groups is 1. The summed E-state index contributed by atoms with van der Waals surface area (Å²) in [5, 5.41) is 3.41. The summed E-state index contributed by atoms with van der Waals surface area (Å²) in [5.74, 6) is 1.70. The van der Waals surface area contributed by atoms with Crippen molar-refractivity contribution in [2.45, 2.75) is 32.7 Å². The van der Waals surface area contributed by atoms with Crippen LogP contribution in [0, 0.1) is 6.92 Å². The number of aromatic amines is 1. The van der Waals surface area contributed by atoms with Crippen molar-refractivity contribution in [3.05, 3.63) is 95.3 Å². The molecule has 0 spiro atoms. The maximum absolute atomic E-state index is 13.7. The summed E-state index contributed by atoms with van der Waals surface area (Å²) in [6, 6.07) is 23.2. The molecule has 1 N–H and O–H groups in total. The topological polar surface area (TPSA) is 64.7 Å². The second-order valence-corrected chi connectivity index (χ2v) is 11.8. The van der Waals surface area contributed by atoms with Crippen molar-refractivity contribution < 1.29 is 9.53 Å². The summed E-state index contributed by atoms with van der Waals surface area (Å²) in [7, 11) is 2.18. The molecule has 42 heavy (non-hydrogen) atoms. The minimum Gasteiger partial charge on any atom is -0.457 e. The van der Waals surface area contributed by atoms with Crippen LogP contribution in [0.5, 0.6) is 11.5 Å². The summed E-state index contributed by atoms with van der Waals surface area (Å²) in [6.07, 6.45) is 3.00. The van der Waals surface area contributed by atoms with Crippen LogP contribution >= 0.6 is 0 Å². The number of nitrogens with zero attached hydrogens (tertiary/aromatic N) is 4. The van der Waals surface area contributed by atoms with Crippen molar-refractivity contribution in [2.75, 3.05) is 44.7 Å². The van der Waals surface area contributed by atoms with Gasteiger partial charge in [-0.05, 0) is 79.7 Å². The van der Waals surface area contributed by atoms with Crippen LogP contribution in [0.1, 0.15) is 35.3 Å². The Bertz CT molecular complexity index is 1790. The number of hydrogen-bond donors (Lipinski definition) is 1. The van der Waals surface area contributed by atoms with E-state index in [1.807, 2.05) is 24.0 Å². The molecule has 7 rings (SSSR count). The van der Waals surface area contributed by atoms with E-state index in [0.717, 1.165) is 78.5 Å². The van der Waals surface area contributed by atoms with Crippen molar-refractivity contribution in [3.8, 4) is 11.5 Å². The quantitative estimate of drug-likeness (QED) is 0.276. The number of hydrogen-bond acceptors (Lipinski definition) is 5. The maximum atomic E-state index is 13.7. The zero-order chi connectivity index (χ0) is 28.8. The van der Waals surface area contributed by atoms with E-state index < -0.39 is 0 Å². The van der Waals surface area contributed by atoms with Crippen LogP contribution in [0.4, 0.5) is 5.69 Å². The average Bonchev–Trinajstić information content (AvgIpc) is 3.39. The van der Waals surface area contributed by atoms with Crippen molar-refractivity contribution in [3.63, 3.8) is 0 Å². The van der Waals surface area contributed by atoms with Crippen LogP contribution in [-0.2, 0) is 17.6 Å². The predicted octanol–water partition coefficient (Wildman–Crippen LogP) is 6.26. The summed E-state index contributed by atoms with van der Waals surface area (Å²) in [5.41, 5.74) is 6.64. The summed E-state index contributed by atoms with van der Waals surface area (Å²) in [6.45, 7) is 9.10. The highest BCUT2D eigenvalue weighted by Crippen LogP contribution is 2.36. The first kappa shape index (κ1) is 26.5. The van der Waals surface area contributed by atoms with Crippen LogP contribution in [0.25, 0.3) is 21.8 Å². The van der Waals surface area contributed by atoms with Gasteiger partial charge in [-0.25, -0.2) is 4.98 Å². The molecule has 1 atom stereocenters. The molecule has 4 heterocycles. The molecule has 3 aromatic carbocycles. The molecule has 1 saturated heterocycles. The van der Waals surface area contributed by atoms with Crippen molar-refractivity contribution >= 4 is 33.4 Å². The lowest BCUT2D eigenvalue weighted by molar-refractivity contribution is -0.133. The van der Waals surface area contributed by atoms with Gasteiger partial charge in [-0.15, -0.1) is 0 Å². The number of pyridine rings is 1. The highest BCUT2D eigenvalue weighted by Gasteiger charge is 2.28. The van der Waals surface area contributed by atoms with Crippen LogP contribution in [0.2, 0.25) is 0 Å². The highest BCUT2D eigenvalue weighted by molar-refractivity contribution is 5.95. The summed E-state index contributed by atoms with van der Waals surface area (Å²) in [4.78, 5) is 28.2. The zero-order valence-electron chi connectivity index (χ0n) is 24.6. The fraction of sp³-hybridized carbons (Fsp3) is 0.314. The number of rotatable bonds is 5. The minimum atomic E-state index is -0.0268. The zero-order valence-corrected chi connectivity index (χ0v) is 24.6. The van der Waals surface area contributed by atoms with Gasteiger partial charge in [0.2, 0.25) is 5.91 Å². The number of likely N-dealkylation sites (N-methyl/N-ethyl adjacent to an activating group) is 1. The van der Waals surface area contributed by atoms with Crippen LogP contribution < -0.4 is 9.64 Å². The summed E-state index contributed by atoms with van der Waals surface area (Å²) >= 11 is 0. The third kappa shape index (κ3) is 4.98. The molecule has 214 valence electrons. The standard InChI is InChI=1S/C35H37N5O2/c1-23-19-31-33(11-13-36-35(31)37-23)42-28-9-8-26-12-14-40(24(2)30(26)22-28)34(41)21-25-7-10-29-27(20-25)5-4-6-32(29)39-17-15-38(3)16-18-39/h4-11,13,19-20,22,24H,12,14-18,21H2,1-3H3,(H,36,37)/t24-/m0/s1. The lowest BCUT2D eigenvalue weighted by Gasteiger charge is -2.36. The van der Waals surface area contributed by atoms with Gasteiger partial charge in [0.25, 0.3) is 0 Å². The Morgan fingerprint density at radius 2 is 1.83 bits per heavy atom. The number of aromatic nitrogens is 2. The van der Waals surface area contributed by atoms with Gasteiger partial charge in [0, 0.05) is 55.7 Å². The molecular weight excluding hydrogens is 522 g/mol. The Morgan fingerprint density at radius 1 is 0.976 bits per heavy atom. The molecule has 0 aliphatic carbocycles. The number of piperazine rings is 1. The van der Waals surface area contributed by atoms with Gasteiger partial charge in [-0.2, -0.15) is 0 Å². The number of H-pyrrole nitrogens is 1. The fourth-order valence-electron chi connectivity index (χ4n) is 6.57. The number of nitrogens with one attached hydrogen (secondary N) is 1. The van der Waals surface area contributed by atoms with E-state index >= 15 is 0 Å². The lowest BCUT2D eigenvalue weighted by Crippen LogP contribution is -2.44. The number of ether oxygens (including phenoxy) is 1. The summed E-state index contributed by atoms with van der Waals surface area (Å²) < 4.78 is 6.34. The second kappa shape index (κ2) is 10.8. The molecule has 0 radical (unpaired) electrons. The first-order valence-corrected chi connectivity index (χ1v) is 14.9. The van der Waals surface area contributed by atoms with Gasteiger partial charge in [-0.1, -0.05) is 36.4 Å². The number of anilines is 1. The fourth-order valence-corrected chi connectivity index (χ4v) is 6.57. The van der Waals surface area contributed by atoms with Crippen molar-refractivity contribution in [2.24, 2.45) is 0 Å². The van der Waals surface area contributed by atoms with Crippen LogP contribution in [0.15, 0.2) is 72.9 Å². The van der Waals surface area contributed by atoms with E-state index in [1.54, 1.807) is 6.20 Å². The van der Waals surface area contributed by atoms with Crippen molar-refractivity contribution in [1.82, 2.24) is 19.8 Å². The second-order valence-electron chi connectivity index (χ2n) is 11.8. The molecule has 2 aromatic heterocycles. The minimum absolute atomic E-state index is 0.0268. The maximum Gasteiger partial charge on any atom is 0.227 e. The lowest BCUT2D eigenvalue weighted by atomic mass is 9.92. The molecule has 1 amide bonds. The number of aryl methyl sites for hydroxylation is 1. The molecule has 0 saturated carbocycles. The Labute approximate surface area is 246 Å². The highest BCUT2D eigenvalue weighted by atomic mass is 16.5. The number of amides is 1. The molecule has 0 bridgehead atoms. The first-order valence-electron chi connectivity index (χ1n) is 14.9. The Hall–Kier alpha value is -4.36. The van der Waals surface area contributed by atoms with Gasteiger partial charge in [0.1, 0.15) is 17.1 Å². The predicted molar refractivity (Wildman–Crippen MR) is 169 cm³/mol. The van der Waals surface area contributed by atoms with Gasteiger partial charge < -0.3 is 24.4 Å². The molecule has 5 aromatic rings. The molecule has 7 heteroatoms. The van der Waals surface area contributed by atoms with E-state index in [0.29, 0.717) is 6.42 Å². The Kier molecular flexibility index (Phi) is 6.82. The number of carbonyl (C=O) groups excluding carboxylic acids is 1. The van der Waals surface area contributed by atoms with Gasteiger partial charge >= 0.3 is 0 Å². The number of fused-ring (bicyclic) bond motifs is 3. The first-order chi connectivity index (χ1) is 20.4. The van der Waals surface area contributed by atoms with E-state index in [1.165, 1.54) is 22.0 Å². The largest absolute Gasteiger partial charge is 0.457 e. The Morgan fingerprint density at radius 3 is 2.69 bits per heavy atom. The average molecular weight is 560 g/mol. The van der Waals surface area contributed by atoms with Gasteiger partial charge in [0.05, 0.1) is 17.8 Å². The van der Waals surface area contributed by atoms with Gasteiger partial charge in [-0.3, -0.25) is 4.79 Å². The number of benzene rings is 3. The van der Waals surface area contributed by atoms with E-state index in [2.05, 4.69) is 88.3 Å². The Balaban J connectivity index is 1.08. The van der Waals surface area contributed by atoms with Crippen LogP contribution in [-0.4, -0.2) is 65.4 Å². The van der Waals surface area contributed by atoms with E-state index in [-0.39, 0.29) is 11.9 Å². The molecule has 2 aliphatic heterocycles. The monoisotopic (exact) mass is 559 g/mol. The third-order valence-corrected chi connectivity index (χ3v) is 8.95. The van der Waals surface area contributed by atoms with Crippen molar-refractivity contribution in [1.29, 1.82) is 0 Å². The molecule has 0 unspecified atom stereocenters. The molecule has 1 fully saturated rings. The van der Waals surface area contributed by atoms with Crippen LogP contribution in [0.3, 0.4) is 0 Å². The normalized spacial score (nSPS) is 17.5. The molecular formula is C35H37N5O2. The molecule has 7 nitrogen and oxygen atoms in total. The third-order valence-electron chi connectivity index (χ3n) is 8.95. The SMILES string of the molecule is Cc1cc2c(Oc3ccc4c(c3)[C@H](C)N(C(=O)Cc3ccc5c(N6CCN(C)CC6)cccc5c3)CC4)ccnc2[nH]1. The van der Waals surface area contributed by atoms with Gasteiger partial charge in [0.15, 0.2) is 0 Å². The smallest absolute Gasteiger partial charge is 0.227 e. The van der Waals surface area contributed by atoms with E-state index in [9.17, 15) is 4.79 Å². The molecule has 2 aliphatic rings.